The minimum Gasteiger partial charge on any atom is -0.263 e. The van der Waals surface area contributed by atoms with Crippen LogP contribution in [0.3, 0.4) is 0 Å². The van der Waals surface area contributed by atoms with Crippen molar-refractivity contribution in [2.45, 2.75) is 83.5 Å². The van der Waals surface area contributed by atoms with Crippen LogP contribution in [0.1, 0.15) is 88.7 Å². The van der Waals surface area contributed by atoms with Crippen molar-refractivity contribution < 1.29 is 0 Å². The third kappa shape index (κ3) is 4.11. The van der Waals surface area contributed by atoms with E-state index in [1.54, 1.807) is 0 Å². The monoisotopic (exact) mass is 249 g/mol. The molecule has 0 radical (unpaired) electrons. The first-order chi connectivity index (χ1) is 8.90. The molecule has 2 rings (SSSR count). The molecule has 1 heterocycles. The van der Waals surface area contributed by atoms with Gasteiger partial charge in [0.15, 0.2) is 5.82 Å². The van der Waals surface area contributed by atoms with Gasteiger partial charge in [0, 0.05) is 12.3 Å². The summed E-state index contributed by atoms with van der Waals surface area (Å²) in [6.07, 6.45) is 14.4. The molecule has 102 valence electrons. The largest absolute Gasteiger partial charge is 0.263 e. The lowest BCUT2D eigenvalue weighted by Crippen LogP contribution is -2.06. The third-order valence-electron chi connectivity index (χ3n) is 4.04. The molecule has 1 N–H and O–H groups in total. The lowest BCUT2D eigenvalue weighted by atomic mass is 9.89. The summed E-state index contributed by atoms with van der Waals surface area (Å²) >= 11 is 0. The molecule has 1 aromatic rings. The standard InChI is InChI=1S/C15H27N3/c1-2-3-4-5-9-12-14-16-15(18-17-14)13-10-7-6-8-11-13/h13H,2-12H2,1H3,(H,16,17,18). The smallest absolute Gasteiger partial charge is 0.153 e. The van der Waals surface area contributed by atoms with Crippen LogP contribution >= 0.6 is 0 Å². The SMILES string of the molecule is CCCCCCCc1nc(C2CCCCC2)n[nH]1. The molecule has 1 aliphatic carbocycles. The average molecular weight is 249 g/mol. The molecule has 3 heteroatoms. The van der Waals surface area contributed by atoms with Gasteiger partial charge in [-0.2, -0.15) is 5.10 Å². The summed E-state index contributed by atoms with van der Waals surface area (Å²) in [5.41, 5.74) is 0. The van der Waals surface area contributed by atoms with E-state index in [-0.39, 0.29) is 0 Å². The average Bonchev–Trinajstić information content (AvgIpc) is 2.88. The number of nitrogens with zero attached hydrogens (tertiary/aromatic N) is 2. The molecule has 0 saturated heterocycles. The zero-order valence-electron chi connectivity index (χ0n) is 11.7. The van der Waals surface area contributed by atoms with E-state index in [1.165, 1.54) is 64.2 Å². The molecule has 0 atom stereocenters. The van der Waals surface area contributed by atoms with Crippen molar-refractivity contribution in [2.75, 3.05) is 0 Å². The van der Waals surface area contributed by atoms with Crippen LogP contribution in [0.2, 0.25) is 0 Å². The van der Waals surface area contributed by atoms with Crippen LogP contribution in [0.5, 0.6) is 0 Å². The Bertz CT molecular complexity index is 326. The fourth-order valence-electron chi connectivity index (χ4n) is 2.86. The van der Waals surface area contributed by atoms with Gasteiger partial charge in [-0.3, -0.25) is 5.10 Å². The maximum Gasteiger partial charge on any atom is 0.153 e. The number of hydrogen-bond acceptors (Lipinski definition) is 2. The summed E-state index contributed by atoms with van der Waals surface area (Å²) < 4.78 is 0. The Labute approximate surface area is 111 Å². The van der Waals surface area contributed by atoms with Crippen molar-refractivity contribution in [2.24, 2.45) is 0 Å². The van der Waals surface area contributed by atoms with Crippen molar-refractivity contribution in [1.82, 2.24) is 15.2 Å². The van der Waals surface area contributed by atoms with Gasteiger partial charge in [0.1, 0.15) is 5.82 Å². The molecule has 0 aliphatic heterocycles. The number of hydrogen-bond donors (Lipinski definition) is 1. The van der Waals surface area contributed by atoms with Gasteiger partial charge < -0.3 is 0 Å². The minimum absolute atomic E-state index is 0.629. The van der Waals surface area contributed by atoms with Gasteiger partial charge in [0.2, 0.25) is 0 Å². The molecule has 0 spiro atoms. The van der Waals surface area contributed by atoms with Crippen molar-refractivity contribution in [1.29, 1.82) is 0 Å². The number of H-pyrrole nitrogens is 1. The van der Waals surface area contributed by atoms with Gasteiger partial charge in [-0.05, 0) is 19.3 Å². The molecule has 0 amide bonds. The van der Waals surface area contributed by atoms with Crippen LogP contribution in [-0.2, 0) is 6.42 Å². The van der Waals surface area contributed by atoms with Crippen molar-refractivity contribution in [3.05, 3.63) is 11.6 Å². The van der Waals surface area contributed by atoms with Gasteiger partial charge in [0.25, 0.3) is 0 Å². The van der Waals surface area contributed by atoms with Crippen LogP contribution in [0.25, 0.3) is 0 Å². The molecule has 0 aromatic carbocycles. The lowest BCUT2D eigenvalue weighted by molar-refractivity contribution is 0.429. The van der Waals surface area contributed by atoms with Crippen molar-refractivity contribution >= 4 is 0 Å². The quantitative estimate of drug-likeness (QED) is 0.729. The molecular formula is C15H27N3. The Morgan fingerprint density at radius 1 is 1.06 bits per heavy atom. The lowest BCUT2D eigenvalue weighted by Gasteiger charge is -2.17. The Hall–Kier alpha value is -0.860. The number of aromatic nitrogens is 3. The summed E-state index contributed by atoms with van der Waals surface area (Å²) in [7, 11) is 0. The zero-order chi connectivity index (χ0) is 12.6. The van der Waals surface area contributed by atoms with Gasteiger partial charge in [0.05, 0.1) is 0 Å². The first-order valence-electron chi connectivity index (χ1n) is 7.81. The number of rotatable bonds is 7. The summed E-state index contributed by atoms with van der Waals surface area (Å²) in [5.74, 6) is 2.81. The van der Waals surface area contributed by atoms with E-state index >= 15 is 0 Å². The Morgan fingerprint density at radius 3 is 2.61 bits per heavy atom. The van der Waals surface area contributed by atoms with E-state index in [9.17, 15) is 0 Å². The first-order valence-corrected chi connectivity index (χ1v) is 7.81. The van der Waals surface area contributed by atoms with Gasteiger partial charge in [-0.15, -0.1) is 0 Å². The molecule has 1 saturated carbocycles. The van der Waals surface area contributed by atoms with Crippen molar-refractivity contribution in [3.63, 3.8) is 0 Å². The number of aryl methyl sites for hydroxylation is 1. The van der Waals surface area contributed by atoms with Gasteiger partial charge in [-0.1, -0.05) is 51.9 Å². The van der Waals surface area contributed by atoms with Crippen molar-refractivity contribution in [3.8, 4) is 0 Å². The normalized spacial score (nSPS) is 17.2. The van der Waals surface area contributed by atoms with Gasteiger partial charge >= 0.3 is 0 Å². The second-order valence-electron chi connectivity index (χ2n) is 5.64. The number of unbranched alkanes of at least 4 members (excludes halogenated alkanes) is 4. The fourth-order valence-corrected chi connectivity index (χ4v) is 2.86. The molecule has 1 fully saturated rings. The summed E-state index contributed by atoms with van der Waals surface area (Å²) in [5, 5.41) is 7.55. The van der Waals surface area contributed by atoms with Gasteiger partial charge in [-0.25, -0.2) is 4.98 Å². The van der Waals surface area contributed by atoms with E-state index < -0.39 is 0 Å². The van der Waals surface area contributed by atoms with Crippen LogP contribution < -0.4 is 0 Å². The summed E-state index contributed by atoms with van der Waals surface area (Å²) in [6.45, 7) is 2.26. The highest BCUT2D eigenvalue weighted by Gasteiger charge is 2.19. The summed E-state index contributed by atoms with van der Waals surface area (Å²) in [6, 6.07) is 0. The first kappa shape index (κ1) is 13.6. The molecule has 0 bridgehead atoms. The predicted molar refractivity (Wildman–Crippen MR) is 74.7 cm³/mol. The van der Waals surface area contributed by atoms with Crippen LogP contribution in [0.15, 0.2) is 0 Å². The summed E-state index contributed by atoms with van der Waals surface area (Å²) in [4.78, 5) is 4.69. The Balaban J connectivity index is 1.72. The maximum absolute atomic E-state index is 4.69. The number of aromatic amines is 1. The highest BCUT2D eigenvalue weighted by atomic mass is 15.2. The molecular weight excluding hydrogens is 222 g/mol. The zero-order valence-corrected chi connectivity index (χ0v) is 11.7. The third-order valence-corrected chi connectivity index (χ3v) is 4.04. The predicted octanol–water partition coefficient (Wildman–Crippen LogP) is 4.37. The Kier molecular flexibility index (Phi) is 5.69. The van der Waals surface area contributed by atoms with Crippen LogP contribution in [0.4, 0.5) is 0 Å². The minimum atomic E-state index is 0.629. The molecule has 3 nitrogen and oxygen atoms in total. The molecule has 1 aliphatic rings. The van der Waals surface area contributed by atoms with E-state index in [1.807, 2.05) is 0 Å². The van der Waals surface area contributed by atoms with Crippen LogP contribution in [0, 0.1) is 0 Å². The topological polar surface area (TPSA) is 41.6 Å². The van der Waals surface area contributed by atoms with Crippen LogP contribution in [-0.4, -0.2) is 15.2 Å². The second kappa shape index (κ2) is 7.55. The number of nitrogens with one attached hydrogen (secondary N) is 1. The molecule has 1 aromatic heterocycles. The maximum atomic E-state index is 4.69. The van der Waals surface area contributed by atoms with E-state index in [0.717, 1.165) is 18.1 Å². The Morgan fingerprint density at radius 2 is 1.83 bits per heavy atom. The highest BCUT2D eigenvalue weighted by Crippen LogP contribution is 2.30. The van der Waals surface area contributed by atoms with E-state index in [4.69, 9.17) is 0 Å². The second-order valence-corrected chi connectivity index (χ2v) is 5.64. The highest BCUT2D eigenvalue weighted by molar-refractivity contribution is 4.99. The van der Waals surface area contributed by atoms with E-state index in [2.05, 4.69) is 22.1 Å². The molecule has 0 unspecified atom stereocenters. The fraction of sp³-hybridized carbons (Fsp3) is 0.867. The molecule has 18 heavy (non-hydrogen) atoms. The van der Waals surface area contributed by atoms with E-state index in [0.29, 0.717) is 5.92 Å².